The Hall–Kier alpha value is -1.94. The minimum atomic E-state index is -1.18. The minimum absolute atomic E-state index is 0.0756. The number of nitrogens with two attached hydrogens (primary N) is 1. The number of fused-ring (bicyclic) bond motifs is 1. The fourth-order valence-electron chi connectivity index (χ4n) is 2.17. The number of carbonyl (C=O) groups is 2. The molecule has 0 aliphatic carbocycles. The lowest BCUT2D eigenvalue weighted by molar-refractivity contribution is -0.147. The third kappa shape index (κ3) is 1.56. The summed E-state index contributed by atoms with van der Waals surface area (Å²) in [6.45, 7) is 0. The van der Waals surface area contributed by atoms with Gasteiger partial charge in [-0.1, -0.05) is 0 Å². The van der Waals surface area contributed by atoms with E-state index in [1.807, 2.05) is 0 Å². The molecule has 2 atom stereocenters. The van der Waals surface area contributed by atoms with Crippen molar-refractivity contribution in [2.75, 3.05) is 5.75 Å². The van der Waals surface area contributed by atoms with Crippen LogP contribution in [0, 0.1) is 0 Å². The molecular weight excluding hydrogens is 272 g/mol. The van der Waals surface area contributed by atoms with Crippen LogP contribution in [0.4, 0.5) is 0 Å². The summed E-state index contributed by atoms with van der Waals surface area (Å²) in [5.74, 6) is -0.819. The predicted molar refractivity (Wildman–Crippen MR) is 64.4 cm³/mol. The van der Waals surface area contributed by atoms with E-state index in [1.165, 1.54) is 21.3 Å². The number of rotatable bonds is 2. The van der Waals surface area contributed by atoms with Crippen LogP contribution >= 0.6 is 11.8 Å². The maximum Gasteiger partial charge on any atom is 0.353 e. The Bertz CT molecular complexity index is 611. The lowest BCUT2D eigenvalue weighted by Gasteiger charge is -2.47. The second-order valence-corrected chi connectivity index (χ2v) is 5.30. The van der Waals surface area contributed by atoms with E-state index < -0.39 is 12.0 Å². The summed E-state index contributed by atoms with van der Waals surface area (Å²) in [5.41, 5.74) is 6.02. The van der Waals surface area contributed by atoms with E-state index in [2.05, 4.69) is 15.5 Å². The molecule has 1 aromatic heterocycles. The zero-order valence-corrected chi connectivity index (χ0v) is 10.7. The van der Waals surface area contributed by atoms with Crippen molar-refractivity contribution in [1.29, 1.82) is 0 Å². The van der Waals surface area contributed by atoms with Crippen molar-refractivity contribution in [2.24, 2.45) is 12.8 Å². The molecule has 19 heavy (non-hydrogen) atoms. The summed E-state index contributed by atoms with van der Waals surface area (Å²) in [6, 6.07) is -0.640. The summed E-state index contributed by atoms with van der Waals surface area (Å²) < 4.78 is 1.38. The van der Waals surface area contributed by atoms with Crippen LogP contribution < -0.4 is 5.73 Å². The number of nitrogens with zero attached hydrogens (tertiary/aromatic N) is 5. The van der Waals surface area contributed by atoms with Gasteiger partial charge in [0.2, 0.25) is 5.91 Å². The van der Waals surface area contributed by atoms with Gasteiger partial charge in [0.05, 0.1) is 0 Å². The third-order valence-electron chi connectivity index (χ3n) is 3.10. The van der Waals surface area contributed by atoms with Crippen molar-refractivity contribution in [2.45, 2.75) is 11.4 Å². The van der Waals surface area contributed by atoms with Crippen molar-refractivity contribution in [1.82, 2.24) is 25.1 Å². The molecule has 0 saturated carbocycles. The number of carboxylic acids is 1. The number of carboxylic acid groups (broad SMARTS) is 1. The Labute approximate surface area is 111 Å². The quantitative estimate of drug-likeness (QED) is 0.611. The number of hydrogen-bond donors (Lipinski definition) is 2. The van der Waals surface area contributed by atoms with Gasteiger partial charge < -0.3 is 10.8 Å². The monoisotopic (exact) mass is 282 g/mol. The van der Waals surface area contributed by atoms with Gasteiger partial charge in [0.15, 0.2) is 5.82 Å². The van der Waals surface area contributed by atoms with Crippen LogP contribution in [0.2, 0.25) is 0 Å². The summed E-state index contributed by atoms with van der Waals surface area (Å²) in [4.78, 5) is 24.4. The molecular formula is C9H10N6O3S. The van der Waals surface area contributed by atoms with E-state index in [1.54, 1.807) is 7.05 Å². The highest BCUT2D eigenvalue weighted by atomic mass is 32.2. The number of aryl methyl sites for hydroxylation is 1. The highest BCUT2D eigenvalue weighted by molar-refractivity contribution is 8.00. The summed E-state index contributed by atoms with van der Waals surface area (Å²) >= 11 is 1.41. The smallest absolute Gasteiger partial charge is 0.353 e. The van der Waals surface area contributed by atoms with Crippen molar-refractivity contribution in [3.8, 4) is 0 Å². The topological polar surface area (TPSA) is 127 Å². The largest absolute Gasteiger partial charge is 0.477 e. The first kappa shape index (κ1) is 12.1. The van der Waals surface area contributed by atoms with Crippen molar-refractivity contribution in [3.63, 3.8) is 0 Å². The second-order valence-electron chi connectivity index (χ2n) is 4.19. The normalized spacial score (nSPS) is 26.2. The van der Waals surface area contributed by atoms with Gasteiger partial charge in [-0.25, -0.2) is 9.48 Å². The van der Waals surface area contributed by atoms with Gasteiger partial charge in [-0.3, -0.25) is 9.69 Å². The van der Waals surface area contributed by atoms with Gasteiger partial charge in [0.1, 0.15) is 17.1 Å². The standard InChI is InChI=1S/C9H10N6O3S/c1-14-6(11-12-13-14)3-2-19-8-4(10)7(16)15(8)5(3)9(17)18/h4,8H,2,10H2,1H3,(H,17,18)/t4?,8-/m1/s1. The Morgan fingerprint density at radius 3 is 2.89 bits per heavy atom. The molecule has 3 N–H and O–H groups in total. The SMILES string of the molecule is Cn1nnnc1C1=C(C(=O)O)N2C(=O)C(N)[C@H]2SC1. The van der Waals surface area contributed by atoms with Crippen LogP contribution in [-0.4, -0.2) is 59.3 Å². The Morgan fingerprint density at radius 1 is 1.58 bits per heavy atom. The van der Waals surface area contributed by atoms with Gasteiger partial charge in [-0.2, -0.15) is 0 Å². The van der Waals surface area contributed by atoms with Gasteiger partial charge in [0, 0.05) is 18.4 Å². The van der Waals surface area contributed by atoms with Crippen LogP contribution in [0.15, 0.2) is 5.70 Å². The minimum Gasteiger partial charge on any atom is -0.477 e. The highest BCUT2D eigenvalue weighted by Gasteiger charge is 2.52. The van der Waals surface area contributed by atoms with Crippen molar-refractivity contribution < 1.29 is 14.7 Å². The van der Waals surface area contributed by atoms with E-state index in [-0.39, 0.29) is 17.0 Å². The van der Waals surface area contributed by atoms with Crippen molar-refractivity contribution >= 4 is 29.2 Å². The predicted octanol–water partition coefficient (Wildman–Crippen LogP) is -1.75. The molecule has 1 unspecified atom stereocenters. The molecule has 1 fully saturated rings. The molecule has 0 aromatic carbocycles. The second kappa shape index (κ2) is 4.03. The van der Waals surface area contributed by atoms with Crippen LogP contribution in [0.1, 0.15) is 5.82 Å². The average molecular weight is 282 g/mol. The molecule has 2 aliphatic heterocycles. The summed E-state index contributed by atoms with van der Waals surface area (Å²) in [6.07, 6.45) is 0. The Morgan fingerprint density at radius 2 is 2.32 bits per heavy atom. The molecule has 10 heteroatoms. The molecule has 0 spiro atoms. The molecule has 3 heterocycles. The van der Waals surface area contributed by atoms with E-state index >= 15 is 0 Å². The zero-order chi connectivity index (χ0) is 13.7. The zero-order valence-electron chi connectivity index (χ0n) is 9.85. The molecule has 100 valence electrons. The number of β-lactam (4-membered cyclic amide) rings is 1. The molecule has 1 saturated heterocycles. The van der Waals surface area contributed by atoms with Gasteiger partial charge >= 0.3 is 5.97 Å². The number of thioether (sulfide) groups is 1. The molecule has 9 nitrogen and oxygen atoms in total. The fourth-order valence-corrected chi connectivity index (χ4v) is 3.46. The summed E-state index contributed by atoms with van der Waals surface area (Å²) in [5, 5.41) is 20.0. The Kier molecular flexibility index (Phi) is 2.57. The van der Waals surface area contributed by atoms with Gasteiger partial charge in [0.25, 0.3) is 0 Å². The molecule has 1 aromatic rings. The van der Waals surface area contributed by atoms with Crippen LogP contribution in [0.3, 0.4) is 0 Å². The number of hydrogen-bond acceptors (Lipinski definition) is 7. The lowest BCUT2D eigenvalue weighted by Crippen LogP contribution is -2.68. The molecule has 0 radical (unpaired) electrons. The molecule has 0 bridgehead atoms. The van der Waals surface area contributed by atoms with Crippen LogP contribution in [0.25, 0.3) is 5.57 Å². The molecule has 2 aliphatic rings. The number of tetrazole rings is 1. The number of amides is 1. The average Bonchev–Trinajstić information content (AvgIpc) is 2.82. The first-order chi connectivity index (χ1) is 9.02. The summed E-state index contributed by atoms with van der Waals surface area (Å²) in [7, 11) is 1.61. The van der Waals surface area contributed by atoms with Crippen LogP contribution in [-0.2, 0) is 16.6 Å². The Balaban J connectivity index is 2.13. The van der Waals surface area contributed by atoms with Gasteiger partial charge in [-0.05, 0) is 10.4 Å². The van der Waals surface area contributed by atoms with E-state index in [9.17, 15) is 14.7 Å². The maximum atomic E-state index is 11.7. The van der Waals surface area contributed by atoms with E-state index in [0.717, 1.165) is 0 Å². The highest BCUT2D eigenvalue weighted by Crippen LogP contribution is 2.41. The van der Waals surface area contributed by atoms with Gasteiger partial charge in [-0.15, -0.1) is 16.9 Å². The molecule has 1 amide bonds. The van der Waals surface area contributed by atoms with E-state index in [4.69, 9.17) is 5.73 Å². The van der Waals surface area contributed by atoms with Crippen LogP contribution in [0.5, 0.6) is 0 Å². The van der Waals surface area contributed by atoms with Crippen molar-refractivity contribution in [3.05, 3.63) is 11.5 Å². The fraction of sp³-hybridized carbons (Fsp3) is 0.444. The number of aromatic nitrogens is 4. The first-order valence-electron chi connectivity index (χ1n) is 5.41. The maximum absolute atomic E-state index is 11.7. The number of aliphatic carboxylic acids is 1. The van der Waals surface area contributed by atoms with E-state index in [0.29, 0.717) is 17.2 Å². The third-order valence-corrected chi connectivity index (χ3v) is 4.40. The number of carbonyl (C=O) groups excluding carboxylic acids is 1. The molecule has 3 rings (SSSR count). The lowest BCUT2D eigenvalue weighted by atomic mass is 10.0. The first-order valence-corrected chi connectivity index (χ1v) is 6.46.